The van der Waals surface area contributed by atoms with Crippen molar-refractivity contribution in [1.29, 1.82) is 0 Å². The summed E-state index contributed by atoms with van der Waals surface area (Å²) in [6.45, 7) is 4.74. The van der Waals surface area contributed by atoms with Crippen LogP contribution in [-0.4, -0.2) is 64.7 Å². The number of nitrogens with one attached hydrogen (secondary N) is 2. The summed E-state index contributed by atoms with van der Waals surface area (Å²) >= 11 is 0. The lowest BCUT2D eigenvalue weighted by molar-refractivity contribution is -0.120. The van der Waals surface area contributed by atoms with Gasteiger partial charge in [-0.1, -0.05) is 29.8 Å². The molecule has 2 aliphatic heterocycles. The summed E-state index contributed by atoms with van der Waals surface area (Å²) in [5.41, 5.74) is 2.74. The van der Waals surface area contributed by atoms with E-state index in [9.17, 15) is 14.4 Å². The Kier molecular flexibility index (Phi) is 6.84. The highest BCUT2D eigenvalue weighted by atomic mass is 16.5. The molecule has 0 radical (unpaired) electrons. The third kappa shape index (κ3) is 5.34. The fourth-order valence-electron chi connectivity index (χ4n) is 4.07. The summed E-state index contributed by atoms with van der Waals surface area (Å²) in [5, 5.41) is 9.65. The van der Waals surface area contributed by atoms with Crippen LogP contribution in [0.25, 0.3) is 0 Å². The Labute approximate surface area is 187 Å². The Morgan fingerprint density at radius 2 is 2.06 bits per heavy atom. The number of rotatable bonds is 7. The van der Waals surface area contributed by atoms with Crippen LogP contribution in [0.2, 0.25) is 0 Å². The molecule has 0 bridgehead atoms. The monoisotopic (exact) mass is 439 g/mol. The molecule has 1 atom stereocenters. The molecule has 1 aromatic heterocycles. The van der Waals surface area contributed by atoms with E-state index in [1.54, 1.807) is 9.58 Å². The van der Waals surface area contributed by atoms with Crippen molar-refractivity contribution in [2.24, 2.45) is 0 Å². The Morgan fingerprint density at radius 1 is 1.19 bits per heavy atom. The number of hydrogen-bond acceptors (Lipinski definition) is 5. The van der Waals surface area contributed by atoms with Gasteiger partial charge in [-0.2, -0.15) is 5.10 Å². The van der Waals surface area contributed by atoms with Crippen LogP contribution in [0.5, 0.6) is 0 Å². The fraction of sp³-hybridized carbons (Fsp3) is 0.478. The number of benzene rings is 1. The highest BCUT2D eigenvalue weighted by Crippen LogP contribution is 2.17. The lowest BCUT2D eigenvalue weighted by Gasteiger charge is -2.20. The summed E-state index contributed by atoms with van der Waals surface area (Å²) in [6, 6.07) is 9.59. The van der Waals surface area contributed by atoms with Gasteiger partial charge in [0.25, 0.3) is 11.8 Å². The lowest BCUT2D eigenvalue weighted by Crippen LogP contribution is -2.40. The summed E-state index contributed by atoms with van der Waals surface area (Å²) < 4.78 is 7.05. The minimum Gasteiger partial charge on any atom is -0.376 e. The third-order valence-electron chi connectivity index (χ3n) is 5.73. The van der Waals surface area contributed by atoms with Gasteiger partial charge in [-0.15, -0.1) is 0 Å². The first-order chi connectivity index (χ1) is 15.5. The zero-order valence-corrected chi connectivity index (χ0v) is 18.3. The van der Waals surface area contributed by atoms with Gasteiger partial charge < -0.3 is 20.3 Å². The zero-order chi connectivity index (χ0) is 22.5. The molecule has 1 saturated heterocycles. The van der Waals surface area contributed by atoms with Crippen molar-refractivity contribution in [3.8, 4) is 0 Å². The van der Waals surface area contributed by atoms with E-state index in [1.165, 1.54) is 6.07 Å². The van der Waals surface area contributed by atoms with Crippen LogP contribution in [0.15, 0.2) is 30.3 Å². The van der Waals surface area contributed by atoms with E-state index in [-0.39, 0.29) is 30.2 Å². The molecule has 3 heterocycles. The molecule has 3 amide bonds. The predicted octanol–water partition coefficient (Wildman–Crippen LogP) is 1.26. The summed E-state index contributed by atoms with van der Waals surface area (Å²) in [6.07, 6.45) is 2.73. The van der Waals surface area contributed by atoms with Crippen LogP contribution < -0.4 is 10.6 Å². The Balaban J connectivity index is 1.34. The lowest BCUT2D eigenvalue weighted by atomic mass is 10.1. The van der Waals surface area contributed by atoms with Gasteiger partial charge in [-0.05, 0) is 31.7 Å². The highest BCUT2D eigenvalue weighted by molar-refractivity contribution is 5.99. The van der Waals surface area contributed by atoms with E-state index in [0.29, 0.717) is 31.9 Å². The molecule has 0 aliphatic carbocycles. The highest BCUT2D eigenvalue weighted by Gasteiger charge is 2.26. The average Bonchev–Trinajstić information content (AvgIpc) is 3.42. The molecule has 9 nitrogen and oxygen atoms in total. The Hall–Kier alpha value is -3.20. The first-order valence-electron chi connectivity index (χ1n) is 11.1. The minimum absolute atomic E-state index is 0.0483. The molecule has 0 spiro atoms. The number of carbonyl (C=O) groups excluding carboxylic acids is 3. The normalized spacial score (nSPS) is 18.2. The number of aryl methyl sites for hydroxylation is 2. The number of fused-ring (bicyclic) bond motifs is 1. The predicted molar refractivity (Wildman–Crippen MR) is 117 cm³/mol. The van der Waals surface area contributed by atoms with Crippen LogP contribution in [0.1, 0.15) is 51.4 Å². The minimum atomic E-state index is -0.476. The molecule has 1 unspecified atom stereocenters. The van der Waals surface area contributed by atoms with Gasteiger partial charge in [0, 0.05) is 38.9 Å². The van der Waals surface area contributed by atoms with Crippen molar-refractivity contribution in [3.63, 3.8) is 0 Å². The van der Waals surface area contributed by atoms with Crippen LogP contribution >= 0.6 is 0 Å². The quantitative estimate of drug-likeness (QED) is 0.676. The maximum Gasteiger partial charge on any atom is 0.272 e. The molecule has 2 aromatic rings. The van der Waals surface area contributed by atoms with Crippen molar-refractivity contribution in [3.05, 3.63) is 52.8 Å². The smallest absolute Gasteiger partial charge is 0.272 e. The topological polar surface area (TPSA) is 106 Å². The standard InChI is InChI=1S/C23H29N5O4/c1-16-5-2-6-17(11-16)15-27-8-4-9-28-20(23(27)31)12-19(26-28)22(30)25-14-21(29)24-13-18-7-3-10-32-18/h2,5-6,11-12,18H,3-4,7-10,13-15H2,1H3,(H,24,29)(H,25,30). The zero-order valence-electron chi connectivity index (χ0n) is 18.3. The van der Waals surface area contributed by atoms with E-state index < -0.39 is 5.91 Å². The molecule has 4 rings (SSSR count). The third-order valence-corrected chi connectivity index (χ3v) is 5.73. The molecule has 0 saturated carbocycles. The number of carbonyl (C=O) groups is 3. The fourth-order valence-corrected chi connectivity index (χ4v) is 4.07. The number of ether oxygens (including phenoxy) is 1. The van der Waals surface area contributed by atoms with Crippen LogP contribution in [0.4, 0.5) is 0 Å². The second kappa shape index (κ2) is 9.95. The summed E-state index contributed by atoms with van der Waals surface area (Å²) in [5.74, 6) is -0.907. The molecule has 170 valence electrons. The Bertz CT molecular complexity index is 996. The van der Waals surface area contributed by atoms with Gasteiger partial charge in [-0.3, -0.25) is 19.1 Å². The first kappa shape index (κ1) is 22.0. The first-order valence-corrected chi connectivity index (χ1v) is 11.1. The number of aromatic nitrogens is 2. The molecule has 1 aromatic carbocycles. The van der Waals surface area contributed by atoms with E-state index in [0.717, 1.165) is 37.0 Å². The van der Waals surface area contributed by atoms with Crippen LogP contribution in [0.3, 0.4) is 0 Å². The van der Waals surface area contributed by atoms with Gasteiger partial charge >= 0.3 is 0 Å². The van der Waals surface area contributed by atoms with E-state index in [2.05, 4.69) is 21.8 Å². The molecule has 9 heteroatoms. The summed E-state index contributed by atoms with van der Waals surface area (Å²) in [4.78, 5) is 39.4. The van der Waals surface area contributed by atoms with E-state index in [4.69, 9.17) is 4.74 Å². The molecule has 32 heavy (non-hydrogen) atoms. The van der Waals surface area contributed by atoms with Crippen molar-refractivity contribution >= 4 is 17.7 Å². The second-order valence-electron chi connectivity index (χ2n) is 8.33. The van der Waals surface area contributed by atoms with E-state index in [1.807, 2.05) is 25.1 Å². The number of hydrogen-bond donors (Lipinski definition) is 2. The van der Waals surface area contributed by atoms with Crippen molar-refractivity contribution in [1.82, 2.24) is 25.3 Å². The van der Waals surface area contributed by atoms with Gasteiger partial charge in [-0.25, -0.2) is 0 Å². The molecular weight excluding hydrogens is 410 g/mol. The van der Waals surface area contributed by atoms with Crippen molar-refractivity contribution < 1.29 is 19.1 Å². The van der Waals surface area contributed by atoms with Crippen molar-refractivity contribution in [2.45, 2.75) is 45.4 Å². The van der Waals surface area contributed by atoms with Gasteiger partial charge in [0.15, 0.2) is 5.69 Å². The molecule has 2 aliphatic rings. The molecule has 1 fully saturated rings. The SMILES string of the molecule is Cc1cccc(CN2CCCn3nc(C(=O)NCC(=O)NCC4CCCO4)cc3C2=O)c1. The number of nitrogens with zero attached hydrogens (tertiary/aromatic N) is 3. The van der Waals surface area contributed by atoms with Crippen LogP contribution in [0, 0.1) is 6.92 Å². The molecular formula is C23H29N5O4. The number of amides is 3. The van der Waals surface area contributed by atoms with Crippen LogP contribution in [-0.2, 0) is 22.6 Å². The Morgan fingerprint density at radius 3 is 2.84 bits per heavy atom. The maximum absolute atomic E-state index is 13.1. The van der Waals surface area contributed by atoms with Crippen molar-refractivity contribution in [2.75, 3.05) is 26.2 Å². The average molecular weight is 440 g/mol. The second-order valence-corrected chi connectivity index (χ2v) is 8.33. The maximum atomic E-state index is 13.1. The van der Waals surface area contributed by atoms with Gasteiger partial charge in [0.1, 0.15) is 5.69 Å². The summed E-state index contributed by atoms with van der Waals surface area (Å²) in [7, 11) is 0. The van der Waals surface area contributed by atoms with Gasteiger partial charge in [0.05, 0.1) is 12.6 Å². The molecule has 2 N–H and O–H groups in total. The van der Waals surface area contributed by atoms with Gasteiger partial charge in [0.2, 0.25) is 5.91 Å². The largest absolute Gasteiger partial charge is 0.376 e. The van der Waals surface area contributed by atoms with E-state index >= 15 is 0 Å².